The van der Waals surface area contributed by atoms with E-state index < -0.39 is 52.2 Å². The van der Waals surface area contributed by atoms with Gasteiger partial charge in [0.15, 0.2) is 17.0 Å². The summed E-state index contributed by atoms with van der Waals surface area (Å²) in [5.74, 6) is -5.25. The summed E-state index contributed by atoms with van der Waals surface area (Å²) in [6.07, 6.45) is -1.59. The second-order valence-electron chi connectivity index (χ2n) is 8.50. The Hall–Kier alpha value is -3.55. The Labute approximate surface area is 213 Å². The van der Waals surface area contributed by atoms with Gasteiger partial charge in [-0.15, -0.1) is 0 Å². The van der Waals surface area contributed by atoms with Gasteiger partial charge in [0.1, 0.15) is 0 Å². The van der Waals surface area contributed by atoms with Gasteiger partial charge in [-0.2, -0.15) is 0 Å². The van der Waals surface area contributed by atoms with Crippen molar-refractivity contribution in [2.24, 2.45) is 11.8 Å². The quantitative estimate of drug-likeness (QED) is 0.257. The fourth-order valence-corrected chi connectivity index (χ4v) is 5.73. The molecule has 5 atom stereocenters. The SMILES string of the molecule is COc1cc(C2NC(C(=O)O)(C(C)O)C3C(=O)N(c4cccc([N+](=O)[O-])c4)C(=O)C23)cc(Br)c1OC. The maximum atomic E-state index is 13.7. The first-order valence-electron chi connectivity index (χ1n) is 10.7. The second-order valence-corrected chi connectivity index (χ2v) is 9.36. The van der Waals surface area contributed by atoms with Crippen LogP contribution in [0.25, 0.3) is 0 Å². The number of aliphatic hydroxyl groups excluding tert-OH is 1. The van der Waals surface area contributed by atoms with Crippen molar-refractivity contribution in [3.05, 3.63) is 56.5 Å². The number of aliphatic hydroxyl groups is 1. The number of nitro benzene ring substituents is 1. The van der Waals surface area contributed by atoms with Gasteiger partial charge in [-0.25, -0.2) is 4.90 Å². The molecular weight excluding hydrogens is 542 g/mol. The van der Waals surface area contributed by atoms with Crippen molar-refractivity contribution in [3.63, 3.8) is 0 Å². The number of benzene rings is 2. The number of non-ortho nitro benzene ring substituents is 1. The van der Waals surface area contributed by atoms with E-state index in [1.165, 1.54) is 39.3 Å². The second kappa shape index (κ2) is 9.15. The summed E-state index contributed by atoms with van der Waals surface area (Å²) in [5, 5.41) is 35.0. The van der Waals surface area contributed by atoms with E-state index in [0.717, 1.165) is 11.0 Å². The molecular formula is C23H22BrN3O9. The van der Waals surface area contributed by atoms with Crippen molar-refractivity contribution in [1.29, 1.82) is 0 Å². The number of amides is 2. The summed E-state index contributed by atoms with van der Waals surface area (Å²) in [5.41, 5.74) is -2.22. The Bertz CT molecular complexity index is 1280. The number of carbonyl (C=O) groups is 3. The molecule has 4 rings (SSSR count). The van der Waals surface area contributed by atoms with E-state index >= 15 is 0 Å². The van der Waals surface area contributed by atoms with E-state index in [4.69, 9.17) is 9.47 Å². The summed E-state index contributed by atoms with van der Waals surface area (Å²) in [6, 6.07) is 7.06. The standard InChI is InChI=1S/C23H22BrN3O9/c1-10(28)23(22(31)32)17-16(18(25-23)11-7-14(24)19(36-3)15(8-11)35-2)20(29)26(21(17)30)12-5-4-6-13(9-12)27(33)34/h4-10,16-18,25,28H,1-3H3,(H,31,32). The van der Waals surface area contributed by atoms with Crippen molar-refractivity contribution >= 4 is 45.1 Å². The molecule has 0 aliphatic carbocycles. The molecule has 2 saturated heterocycles. The molecule has 2 aliphatic rings. The number of hydrogen-bond acceptors (Lipinski definition) is 9. The summed E-state index contributed by atoms with van der Waals surface area (Å²) >= 11 is 3.38. The minimum atomic E-state index is -2.21. The highest BCUT2D eigenvalue weighted by Crippen LogP contribution is 2.52. The summed E-state index contributed by atoms with van der Waals surface area (Å²) < 4.78 is 11.2. The van der Waals surface area contributed by atoms with Gasteiger partial charge in [0, 0.05) is 18.2 Å². The van der Waals surface area contributed by atoms with Gasteiger partial charge in [-0.05, 0) is 46.6 Å². The van der Waals surface area contributed by atoms with Crippen molar-refractivity contribution in [2.75, 3.05) is 19.1 Å². The zero-order valence-electron chi connectivity index (χ0n) is 19.3. The fourth-order valence-electron chi connectivity index (χ4n) is 5.11. The number of ether oxygens (including phenoxy) is 2. The van der Waals surface area contributed by atoms with E-state index in [1.807, 2.05) is 0 Å². The Morgan fingerprint density at radius 1 is 1.22 bits per heavy atom. The van der Waals surface area contributed by atoms with Crippen LogP contribution in [-0.4, -0.2) is 58.8 Å². The highest BCUT2D eigenvalue weighted by Gasteiger charge is 2.70. The van der Waals surface area contributed by atoms with Gasteiger partial charge in [0.2, 0.25) is 11.8 Å². The normalized spacial score (nSPS) is 26.0. The maximum Gasteiger partial charge on any atom is 0.327 e. The number of carboxylic acids is 1. The third-order valence-corrected chi connectivity index (χ3v) is 7.31. The highest BCUT2D eigenvalue weighted by atomic mass is 79.9. The Balaban J connectivity index is 1.91. The molecule has 0 bridgehead atoms. The van der Waals surface area contributed by atoms with Gasteiger partial charge < -0.3 is 19.7 Å². The average molecular weight is 564 g/mol. The van der Waals surface area contributed by atoms with Crippen LogP contribution in [0.2, 0.25) is 0 Å². The van der Waals surface area contributed by atoms with Gasteiger partial charge in [-0.3, -0.25) is 29.8 Å². The lowest BCUT2D eigenvalue weighted by Gasteiger charge is -2.33. The monoisotopic (exact) mass is 563 g/mol. The number of carbonyl (C=O) groups excluding carboxylic acids is 2. The molecule has 2 aromatic carbocycles. The fraction of sp³-hybridized carbons (Fsp3) is 0.348. The molecule has 2 fully saturated rings. The molecule has 2 aliphatic heterocycles. The van der Waals surface area contributed by atoms with Crippen LogP contribution in [0.1, 0.15) is 18.5 Å². The first-order chi connectivity index (χ1) is 17.0. The highest BCUT2D eigenvalue weighted by molar-refractivity contribution is 9.10. The zero-order valence-corrected chi connectivity index (χ0v) is 20.9. The lowest BCUT2D eigenvalue weighted by atomic mass is 9.76. The van der Waals surface area contributed by atoms with Gasteiger partial charge in [0.05, 0.1) is 47.2 Å². The number of nitrogens with zero attached hydrogens (tertiary/aromatic N) is 2. The molecule has 0 spiro atoms. The maximum absolute atomic E-state index is 13.7. The third-order valence-electron chi connectivity index (χ3n) is 6.72. The van der Waals surface area contributed by atoms with Gasteiger partial charge in [0.25, 0.3) is 5.69 Å². The van der Waals surface area contributed by atoms with Crippen LogP contribution in [0, 0.1) is 22.0 Å². The molecule has 2 aromatic rings. The predicted octanol–water partition coefficient (Wildman–Crippen LogP) is 2.03. The largest absolute Gasteiger partial charge is 0.493 e. The number of imide groups is 1. The van der Waals surface area contributed by atoms with Crippen molar-refractivity contribution in [2.45, 2.75) is 24.6 Å². The average Bonchev–Trinajstić information content (AvgIpc) is 3.33. The number of rotatable bonds is 7. The lowest BCUT2D eigenvalue weighted by molar-refractivity contribution is -0.384. The van der Waals surface area contributed by atoms with E-state index in [2.05, 4.69) is 21.2 Å². The predicted molar refractivity (Wildman–Crippen MR) is 128 cm³/mol. The number of methoxy groups -OCH3 is 2. The number of nitro groups is 1. The smallest absolute Gasteiger partial charge is 0.327 e. The van der Waals surface area contributed by atoms with Crippen molar-refractivity contribution in [1.82, 2.24) is 5.32 Å². The van der Waals surface area contributed by atoms with E-state index in [1.54, 1.807) is 12.1 Å². The molecule has 0 radical (unpaired) electrons. The molecule has 0 saturated carbocycles. The Kier molecular flexibility index (Phi) is 6.49. The minimum absolute atomic E-state index is 0.0641. The molecule has 36 heavy (non-hydrogen) atoms. The molecule has 13 heteroatoms. The third kappa shape index (κ3) is 3.62. The summed E-state index contributed by atoms with van der Waals surface area (Å²) in [4.78, 5) is 51.3. The van der Waals surface area contributed by atoms with Gasteiger partial charge >= 0.3 is 5.97 Å². The van der Waals surface area contributed by atoms with E-state index in [9.17, 15) is 34.7 Å². The summed E-state index contributed by atoms with van der Waals surface area (Å²) in [6.45, 7) is 1.22. The molecule has 5 unspecified atom stereocenters. The lowest BCUT2D eigenvalue weighted by Crippen LogP contribution is -2.62. The molecule has 2 heterocycles. The van der Waals surface area contributed by atoms with Crippen molar-refractivity contribution < 1.29 is 39.0 Å². The number of nitrogens with one attached hydrogen (secondary N) is 1. The van der Waals surface area contributed by atoms with Gasteiger partial charge in [-0.1, -0.05) is 6.07 Å². The number of aliphatic carboxylic acids is 1. The Morgan fingerprint density at radius 2 is 1.92 bits per heavy atom. The molecule has 2 amide bonds. The first-order valence-corrected chi connectivity index (χ1v) is 11.5. The molecule has 0 aromatic heterocycles. The minimum Gasteiger partial charge on any atom is -0.493 e. The number of carboxylic acid groups (broad SMARTS) is 1. The van der Waals surface area contributed by atoms with Crippen LogP contribution in [-0.2, 0) is 14.4 Å². The number of hydrogen-bond donors (Lipinski definition) is 3. The number of halogens is 1. The van der Waals surface area contributed by atoms with Crippen LogP contribution >= 0.6 is 15.9 Å². The van der Waals surface area contributed by atoms with Crippen LogP contribution < -0.4 is 19.7 Å². The van der Waals surface area contributed by atoms with E-state index in [0.29, 0.717) is 15.8 Å². The molecule has 3 N–H and O–H groups in total. The first kappa shape index (κ1) is 25.5. The van der Waals surface area contributed by atoms with E-state index in [-0.39, 0.29) is 17.1 Å². The topological polar surface area (TPSA) is 169 Å². The van der Waals surface area contributed by atoms with Crippen LogP contribution in [0.3, 0.4) is 0 Å². The van der Waals surface area contributed by atoms with Crippen molar-refractivity contribution in [3.8, 4) is 11.5 Å². The Morgan fingerprint density at radius 3 is 2.47 bits per heavy atom. The summed E-state index contributed by atoms with van der Waals surface area (Å²) in [7, 11) is 2.84. The molecule has 190 valence electrons. The van der Waals surface area contributed by atoms with Crippen LogP contribution in [0.15, 0.2) is 40.9 Å². The van der Waals surface area contributed by atoms with Crippen LogP contribution in [0.5, 0.6) is 11.5 Å². The molecule has 12 nitrogen and oxygen atoms in total. The van der Waals surface area contributed by atoms with Crippen LogP contribution in [0.4, 0.5) is 11.4 Å². The number of fused-ring (bicyclic) bond motifs is 1. The zero-order chi connectivity index (χ0) is 26.5. The number of anilines is 1.